The highest BCUT2D eigenvalue weighted by Crippen LogP contribution is 2.23. The molecule has 2 heteroatoms. The van der Waals surface area contributed by atoms with Crippen LogP contribution >= 0.6 is 11.6 Å². The number of anilines is 1. The van der Waals surface area contributed by atoms with Gasteiger partial charge in [-0.1, -0.05) is 35.9 Å². The first kappa shape index (κ1) is 6.74. The molecular weight excluding hydrogens is 158 g/mol. The van der Waals surface area contributed by atoms with E-state index in [-0.39, 0.29) is 5.50 Å². The summed E-state index contributed by atoms with van der Waals surface area (Å²) in [7, 11) is 0. The van der Waals surface area contributed by atoms with Gasteiger partial charge in [0.15, 0.2) is 0 Å². The van der Waals surface area contributed by atoms with E-state index in [1.54, 1.807) is 0 Å². The van der Waals surface area contributed by atoms with Crippen molar-refractivity contribution < 1.29 is 0 Å². The third kappa shape index (κ3) is 1.24. The first-order chi connectivity index (χ1) is 5.36. The molecule has 1 aromatic rings. The molecular formula is C9H8ClN. The van der Waals surface area contributed by atoms with Crippen molar-refractivity contribution in [2.45, 2.75) is 5.50 Å². The molecule has 0 fully saturated rings. The van der Waals surface area contributed by atoms with Crippen LogP contribution in [0.4, 0.5) is 5.69 Å². The molecule has 0 spiro atoms. The van der Waals surface area contributed by atoms with Crippen molar-refractivity contribution in [3.05, 3.63) is 35.9 Å². The fraction of sp³-hybridized carbons (Fsp3) is 0.111. The fourth-order valence-electron chi connectivity index (χ4n) is 1.16. The van der Waals surface area contributed by atoms with Gasteiger partial charge < -0.3 is 5.32 Å². The summed E-state index contributed by atoms with van der Waals surface area (Å²) >= 11 is 5.85. The molecule has 0 amide bonds. The van der Waals surface area contributed by atoms with E-state index in [2.05, 4.69) is 11.4 Å². The number of rotatable bonds is 0. The molecule has 1 heterocycles. The Bertz CT molecular complexity index is 293. The third-order valence-corrected chi connectivity index (χ3v) is 1.95. The molecule has 1 atom stereocenters. The average Bonchev–Trinajstić information content (AvgIpc) is 2.04. The zero-order valence-electron chi connectivity index (χ0n) is 5.92. The topological polar surface area (TPSA) is 12.0 Å². The Balaban J connectivity index is 2.46. The number of hydrogen-bond acceptors (Lipinski definition) is 1. The van der Waals surface area contributed by atoms with Crippen LogP contribution in [-0.4, -0.2) is 5.50 Å². The van der Waals surface area contributed by atoms with E-state index in [1.165, 1.54) is 5.56 Å². The van der Waals surface area contributed by atoms with Crippen molar-refractivity contribution >= 4 is 23.4 Å². The molecule has 1 aromatic carbocycles. The Morgan fingerprint density at radius 2 is 2.09 bits per heavy atom. The maximum Gasteiger partial charge on any atom is 0.120 e. The largest absolute Gasteiger partial charge is 0.366 e. The van der Waals surface area contributed by atoms with Gasteiger partial charge in [0, 0.05) is 5.69 Å². The van der Waals surface area contributed by atoms with Crippen molar-refractivity contribution in [1.82, 2.24) is 0 Å². The van der Waals surface area contributed by atoms with Crippen molar-refractivity contribution in [2.75, 3.05) is 5.32 Å². The van der Waals surface area contributed by atoms with Gasteiger partial charge in [-0.15, -0.1) is 0 Å². The lowest BCUT2D eigenvalue weighted by Gasteiger charge is -2.16. The van der Waals surface area contributed by atoms with Crippen LogP contribution in [0.2, 0.25) is 0 Å². The molecule has 0 bridgehead atoms. The molecule has 1 aliphatic rings. The molecule has 1 aliphatic heterocycles. The maximum atomic E-state index is 5.85. The number of para-hydroxylation sites is 1. The molecule has 1 N–H and O–H groups in total. The lowest BCUT2D eigenvalue weighted by Crippen LogP contribution is -2.12. The summed E-state index contributed by atoms with van der Waals surface area (Å²) in [6.45, 7) is 0. The van der Waals surface area contributed by atoms with Crippen LogP contribution in [0.3, 0.4) is 0 Å². The van der Waals surface area contributed by atoms with Crippen molar-refractivity contribution in [2.24, 2.45) is 0 Å². The Morgan fingerprint density at radius 1 is 1.27 bits per heavy atom. The van der Waals surface area contributed by atoms with Gasteiger partial charge in [0.25, 0.3) is 0 Å². The fourth-order valence-corrected chi connectivity index (χ4v) is 1.35. The van der Waals surface area contributed by atoms with Gasteiger partial charge in [0.2, 0.25) is 0 Å². The second-order valence-electron chi connectivity index (χ2n) is 2.49. The summed E-state index contributed by atoms with van der Waals surface area (Å²) in [4.78, 5) is 0. The zero-order valence-corrected chi connectivity index (χ0v) is 6.68. The van der Waals surface area contributed by atoms with E-state index in [1.807, 2.05) is 30.4 Å². The van der Waals surface area contributed by atoms with Crippen molar-refractivity contribution in [1.29, 1.82) is 0 Å². The van der Waals surface area contributed by atoms with E-state index in [9.17, 15) is 0 Å². The minimum Gasteiger partial charge on any atom is -0.366 e. The van der Waals surface area contributed by atoms with Crippen LogP contribution in [0.5, 0.6) is 0 Å². The molecule has 11 heavy (non-hydrogen) atoms. The smallest absolute Gasteiger partial charge is 0.120 e. The average molecular weight is 166 g/mol. The van der Waals surface area contributed by atoms with Gasteiger partial charge in [0.05, 0.1) is 0 Å². The van der Waals surface area contributed by atoms with Crippen molar-refractivity contribution in [3.63, 3.8) is 0 Å². The maximum absolute atomic E-state index is 5.85. The van der Waals surface area contributed by atoms with E-state index < -0.39 is 0 Å². The quantitative estimate of drug-likeness (QED) is 0.461. The Kier molecular flexibility index (Phi) is 1.59. The highest BCUT2D eigenvalue weighted by Gasteiger charge is 2.07. The first-order valence-electron chi connectivity index (χ1n) is 3.54. The first-order valence-corrected chi connectivity index (χ1v) is 3.98. The minimum absolute atomic E-state index is 0.0649. The van der Waals surface area contributed by atoms with Gasteiger partial charge >= 0.3 is 0 Å². The Morgan fingerprint density at radius 3 is 3.00 bits per heavy atom. The van der Waals surface area contributed by atoms with Crippen LogP contribution in [0.1, 0.15) is 5.56 Å². The summed E-state index contributed by atoms with van der Waals surface area (Å²) in [5, 5.41) is 3.14. The van der Waals surface area contributed by atoms with Gasteiger partial charge in [-0.3, -0.25) is 0 Å². The summed E-state index contributed by atoms with van der Waals surface area (Å²) < 4.78 is 0. The Hall–Kier alpha value is -0.950. The van der Waals surface area contributed by atoms with E-state index >= 15 is 0 Å². The molecule has 0 saturated carbocycles. The molecule has 0 aliphatic carbocycles. The zero-order chi connectivity index (χ0) is 7.68. The lowest BCUT2D eigenvalue weighted by molar-refractivity contribution is 1.22. The summed E-state index contributed by atoms with van der Waals surface area (Å²) in [6.07, 6.45) is 3.97. The second-order valence-corrected chi connectivity index (χ2v) is 2.96. The van der Waals surface area contributed by atoms with Crippen LogP contribution < -0.4 is 5.32 Å². The molecule has 2 rings (SSSR count). The number of halogens is 1. The molecule has 1 unspecified atom stereocenters. The predicted molar refractivity (Wildman–Crippen MR) is 48.7 cm³/mol. The highest BCUT2D eigenvalue weighted by atomic mass is 35.5. The highest BCUT2D eigenvalue weighted by molar-refractivity contribution is 6.23. The van der Waals surface area contributed by atoms with Crippen molar-refractivity contribution in [3.8, 4) is 0 Å². The molecule has 0 radical (unpaired) electrons. The second kappa shape index (κ2) is 2.59. The third-order valence-electron chi connectivity index (χ3n) is 1.70. The number of benzene rings is 1. The summed E-state index contributed by atoms with van der Waals surface area (Å²) in [5.41, 5.74) is 2.24. The number of alkyl halides is 1. The van der Waals surface area contributed by atoms with Gasteiger partial charge in [-0.25, -0.2) is 0 Å². The monoisotopic (exact) mass is 165 g/mol. The van der Waals surface area contributed by atoms with Crippen LogP contribution in [0, 0.1) is 0 Å². The summed E-state index contributed by atoms with van der Waals surface area (Å²) in [5.74, 6) is 0. The van der Waals surface area contributed by atoms with Gasteiger partial charge in [-0.2, -0.15) is 0 Å². The predicted octanol–water partition coefficient (Wildman–Crippen LogP) is 2.69. The molecule has 0 saturated heterocycles. The number of hydrogen-bond donors (Lipinski definition) is 1. The normalized spacial score (nSPS) is 20.6. The SMILES string of the molecule is ClC1C=Cc2ccccc2N1. The number of nitrogens with one attached hydrogen (secondary N) is 1. The Labute approximate surface area is 70.7 Å². The van der Waals surface area contributed by atoms with E-state index in [0.29, 0.717) is 0 Å². The van der Waals surface area contributed by atoms with E-state index in [4.69, 9.17) is 11.6 Å². The number of fused-ring (bicyclic) bond motifs is 1. The standard InChI is InChI=1S/C9H8ClN/c10-9-6-5-7-3-1-2-4-8(7)11-9/h1-6,9,11H. The van der Waals surface area contributed by atoms with Gasteiger partial charge in [0.1, 0.15) is 5.50 Å². The van der Waals surface area contributed by atoms with Crippen LogP contribution in [-0.2, 0) is 0 Å². The minimum atomic E-state index is -0.0649. The molecule has 1 nitrogen and oxygen atoms in total. The van der Waals surface area contributed by atoms with Crippen LogP contribution in [0.25, 0.3) is 6.08 Å². The lowest BCUT2D eigenvalue weighted by atomic mass is 10.1. The molecule has 56 valence electrons. The van der Waals surface area contributed by atoms with Gasteiger partial charge in [-0.05, 0) is 17.7 Å². The van der Waals surface area contributed by atoms with E-state index in [0.717, 1.165) is 5.69 Å². The molecule has 0 aromatic heterocycles. The van der Waals surface area contributed by atoms with Crippen LogP contribution in [0.15, 0.2) is 30.3 Å². The summed E-state index contributed by atoms with van der Waals surface area (Å²) in [6, 6.07) is 8.09.